The van der Waals surface area contributed by atoms with E-state index in [1.54, 1.807) is 0 Å². The maximum Gasteiger partial charge on any atom is 0.322 e. The molecule has 1 saturated carbocycles. The zero-order valence-electron chi connectivity index (χ0n) is 10.2. The molecule has 0 unspecified atom stereocenters. The number of carbonyl (C=O) groups is 4. The molecule has 9 heteroatoms. The summed E-state index contributed by atoms with van der Waals surface area (Å²) in [6.45, 7) is -0.825. The molecule has 0 aromatic rings. The summed E-state index contributed by atoms with van der Waals surface area (Å²) < 4.78 is 4.51. The van der Waals surface area contributed by atoms with Crippen LogP contribution in [-0.4, -0.2) is 55.1 Å². The molecule has 1 aliphatic carbocycles. The second-order valence-corrected chi connectivity index (χ2v) is 3.98. The van der Waals surface area contributed by atoms with Crippen molar-refractivity contribution < 1.29 is 29.0 Å². The quantitative estimate of drug-likeness (QED) is 0.378. The third-order valence-electron chi connectivity index (χ3n) is 2.72. The Morgan fingerprint density at radius 1 is 1.26 bits per heavy atom. The molecule has 9 nitrogen and oxygen atoms in total. The van der Waals surface area contributed by atoms with Gasteiger partial charge >= 0.3 is 11.9 Å². The lowest BCUT2D eigenvalue weighted by atomic mass is 10.3. The fraction of sp³-hybridized carbons (Fsp3) is 0.600. The van der Waals surface area contributed by atoms with Crippen LogP contribution in [0, 0.1) is 11.8 Å². The van der Waals surface area contributed by atoms with E-state index < -0.39 is 48.2 Å². The molecule has 3 atom stereocenters. The highest BCUT2D eigenvalue weighted by Gasteiger charge is 2.60. The largest absolute Gasteiger partial charge is 0.480 e. The molecule has 1 rings (SSSR count). The molecule has 0 radical (unpaired) electrons. The Balaban J connectivity index is 2.63. The number of amides is 2. The van der Waals surface area contributed by atoms with Gasteiger partial charge in [0.2, 0.25) is 11.8 Å². The zero-order chi connectivity index (χ0) is 14.6. The third kappa shape index (κ3) is 3.65. The van der Waals surface area contributed by atoms with Gasteiger partial charge in [0.25, 0.3) is 0 Å². The number of carbonyl (C=O) groups excluding carboxylic acids is 3. The minimum absolute atomic E-state index is 0.270. The average Bonchev–Trinajstić information content (AvgIpc) is 3.08. The van der Waals surface area contributed by atoms with E-state index >= 15 is 0 Å². The Hall–Kier alpha value is -2.16. The van der Waals surface area contributed by atoms with Gasteiger partial charge in [-0.05, 0) is 0 Å². The number of nitrogens with two attached hydrogens (primary N) is 1. The molecule has 0 aliphatic heterocycles. The molecule has 106 valence electrons. The number of ether oxygens (including phenoxy) is 1. The molecule has 0 bridgehead atoms. The lowest BCUT2D eigenvalue weighted by Gasteiger charge is -2.02. The molecule has 0 saturated heterocycles. The van der Waals surface area contributed by atoms with Crippen LogP contribution in [0.2, 0.25) is 0 Å². The van der Waals surface area contributed by atoms with Crippen LogP contribution in [0.5, 0.6) is 0 Å². The van der Waals surface area contributed by atoms with Crippen molar-refractivity contribution in [2.24, 2.45) is 17.6 Å². The first-order valence-corrected chi connectivity index (χ1v) is 5.49. The van der Waals surface area contributed by atoms with Gasteiger partial charge in [-0.15, -0.1) is 0 Å². The van der Waals surface area contributed by atoms with Crippen LogP contribution in [0.1, 0.15) is 0 Å². The van der Waals surface area contributed by atoms with Crippen LogP contribution in [0.3, 0.4) is 0 Å². The van der Waals surface area contributed by atoms with E-state index in [0.717, 1.165) is 7.11 Å². The van der Waals surface area contributed by atoms with Gasteiger partial charge < -0.3 is 26.2 Å². The SMILES string of the molecule is COC(=O)[C@@H]1[C@@H](NC(=O)CN)[C@H]1C(=O)NCC(=O)O. The number of esters is 1. The van der Waals surface area contributed by atoms with Crippen LogP contribution in [0.4, 0.5) is 0 Å². The van der Waals surface area contributed by atoms with Gasteiger partial charge in [0, 0.05) is 0 Å². The molecule has 19 heavy (non-hydrogen) atoms. The molecule has 5 N–H and O–H groups in total. The third-order valence-corrected chi connectivity index (χ3v) is 2.72. The van der Waals surface area contributed by atoms with Gasteiger partial charge in [0.1, 0.15) is 6.54 Å². The lowest BCUT2D eigenvalue weighted by molar-refractivity contribution is -0.143. The molecular weight excluding hydrogens is 258 g/mol. The number of methoxy groups -OCH3 is 1. The Labute approximate surface area is 108 Å². The van der Waals surface area contributed by atoms with E-state index in [2.05, 4.69) is 15.4 Å². The van der Waals surface area contributed by atoms with Crippen LogP contribution >= 0.6 is 0 Å². The molecule has 0 aromatic carbocycles. The fourth-order valence-corrected chi connectivity index (χ4v) is 1.77. The molecule has 1 aliphatic rings. The van der Waals surface area contributed by atoms with E-state index in [4.69, 9.17) is 10.8 Å². The van der Waals surface area contributed by atoms with Crippen LogP contribution < -0.4 is 16.4 Å². The summed E-state index contributed by atoms with van der Waals surface area (Å²) >= 11 is 0. The van der Waals surface area contributed by atoms with E-state index in [9.17, 15) is 19.2 Å². The van der Waals surface area contributed by atoms with Crippen molar-refractivity contribution in [3.63, 3.8) is 0 Å². The predicted octanol–water partition coefficient (Wildman–Crippen LogP) is -2.95. The smallest absolute Gasteiger partial charge is 0.322 e. The van der Waals surface area contributed by atoms with Gasteiger partial charge in [0.15, 0.2) is 0 Å². The minimum Gasteiger partial charge on any atom is -0.480 e. The standard InChI is InChI=1S/C10H15N3O6/c1-19-10(18)7-6(8(7)13-4(14)2-11)9(17)12-3-5(15)16/h6-8H,2-3,11H2,1H3,(H,12,17)(H,13,14)(H,15,16)/t6-,7-,8-/m0/s1. The van der Waals surface area contributed by atoms with E-state index in [1.165, 1.54) is 0 Å². The average molecular weight is 273 g/mol. The van der Waals surface area contributed by atoms with E-state index in [0.29, 0.717) is 0 Å². The first-order valence-electron chi connectivity index (χ1n) is 5.49. The van der Waals surface area contributed by atoms with Crippen LogP contribution in [0.15, 0.2) is 0 Å². The lowest BCUT2D eigenvalue weighted by Crippen LogP contribution is -2.36. The van der Waals surface area contributed by atoms with Crippen molar-refractivity contribution in [1.29, 1.82) is 0 Å². The normalized spacial score (nSPS) is 24.2. The summed E-state index contributed by atoms with van der Waals surface area (Å²) in [7, 11) is 1.16. The van der Waals surface area contributed by atoms with Gasteiger partial charge in [0.05, 0.1) is 31.5 Å². The Bertz CT molecular complexity index is 410. The summed E-state index contributed by atoms with van der Waals surface area (Å²) in [5.41, 5.74) is 5.12. The highest BCUT2D eigenvalue weighted by molar-refractivity contribution is 5.95. The Morgan fingerprint density at radius 2 is 1.89 bits per heavy atom. The van der Waals surface area contributed by atoms with Crippen molar-refractivity contribution in [2.75, 3.05) is 20.2 Å². The second-order valence-electron chi connectivity index (χ2n) is 3.98. The maximum absolute atomic E-state index is 11.7. The van der Waals surface area contributed by atoms with Crippen molar-refractivity contribution in [3.05, 3.63) is 0 Å². The number of carboxylic acids is 1. The Morgan fingerprint density at radius 3 is 2.37 bits per heavy atom. The summed E-state index contributed by atoms with van der Waals surface area (Å²) in [6, 6.07) is -0.711. The van der Waals surface area contributed by atoms with Crippen molar-refractivity contribution in [2.45, 2.75) is 6.04 Å². The van der Waals surface area contributed by atoms with Gasteiger partial charge in [-0.1, -0.05) is 0 Å². The number of hydrogen-bond donors (Lipinski definition) is 4. The van der Waals surface area contributed by atoms with Crippen LogP contribution in [-0.2, 0) is 23.9 Å². The predicted molar refractivity (Wildman–Crippen MR) is 60.6 cm³/mol. The number of aliphatic carboxylic acids is 1. The molecule has 0 spiro atoms. The maximum atomic E-state index is 11.7. The Kier molecular flexibility index (Phi) is 4.81. The minimum atomic E-state index is -1.20. The summed E-state index contributed by atoms with van der Waals surface area (Å²) in [5.74, 6) is -4.62. The molecule has 0 aromatic heterocycles. The van der Waals surface area contributed by atoms with Crippen molar-refractivity contribution in [3.8, 4) is 0 Å². The molecule has 2 amide bonds. The number of rotatable bonds is 6. The highest BCUT2D eigenvalue weighted by Crippen LogP contribution is 2.40. The summed E-state index contributed by atoms with van der Waals surface area (Å²) in [6.07, 6.45) is 0. The second kappa shape index (κ2) is 6.14. The fourth-order valence-electron chi connectivity index (χ4n) is 1.77. The topological polar surface area (TPSA) is 148 Å². The van der Waals surface area contributed by atoms with E-state index in [-0.39, 0.29) is 6.54 Å². The van der Waals surface area contributed by atoms with Gasteiger partial charge in [-0.3, -0.25) is 19.2 Å². The molecule has 0 heterocycles. The molecular formula is C10H15N3O6. The highest BCUT2D eigenvalue weighted by atomic mass is 16.5. The number of nitrogens with one attached hydrogen (secondary N) is 2. The molecule has 1 fully saturated rings. The zero-order valence-corrected chi connectivity index (χ0v) is 10.2. The number of hydrogen-bond acceptors (Lipinski definition) is 6. The van der Waals surface area contributed by atoms with Gasteiger partial charge in [-0.2, -0.15) is 0 Å². The summed E-state index contributed by atoms with van der Waals surface area (Å²) in [4.78, 5) is 44.5. The first kappa shape index (κ1) is 14.9. The van der Waals surface area contributed by atoms with Crippen LogP contribution in [0.25, 0.3) is 0 Å². The number of carboxylic acid groups (broad SMARTS) is 1. The van der Waals surface area contributed by atoms with E-state index in [1.807, 2.05) is 0 Å². The van der Waals surface area contributed by atoms with Crippen molar-refractivity contribution in [1.82, 2.24) is 10.6 Å². The monoisotopic (exact) mass is 273 g/mol. The summed E-state index contributed by atoms with van der Waals surface area (Å²) in [5, 5.41) is 13.0. The van der Waals surface area contributed by atoms with Gasteiger partial charge in [-0.25, -0.2) is 0 Å². The first-order chi connectivity index (χ1) is 8.92. The van der Waals surface area contributed by atoms with Crippen molar-refractivity contribution >= 4 is 23.8 Å².